The first-order valence-corrected chi connectivity index (χ1v) is 4.83. The molecule has 100 valence electrons. The zero-order valence-electron chi connectivity index (χ0n) is 9.09. The summed E-state index contributed by atoms with van der Waals surface area (Å²) in [6.07, 6.45) is -3.79. The number of anilines is 2. The summed E-state index contributed by atoms with van der Waals surface area (Å²) in [7, 11) is 0. The SMILES string of the molecule is NC(=O)c1ccc(N)c(NCC(F)(F)C(F)F)c1. The molecule has 4 nitrogen and oxygen atoms in total. The minimum atomic E-state index is -4.19. The van der Waals surface area contributed by atoms with Gasteiger partial charge in [-0.3, -0.25) is 4.79 Å². The molecule has 0 aliphatic carbocycles. The molecule has 0 saturated carbocycles. The van der Waals surface area contributed by atoms with Crippen LogP contribution >= 0.6 is 0 Å². The lowest BCUT2D eigenvalue weighted by molar-refractivity contribution is -0.117. The Morgan fingerprint density at radius 2 is 2.00 bits per heavy atom. The van der Waals surface area contributed by atoms with Crippen molar-refractivity contribution in [2.24, 2.45) is 5.73 Å². The van der Waals surface area contributed by atoms with E-state index in [0.29, 0.717) is 0 Å². The Hall–Kier alpha value is -1.99. The number of alkyl halides is 4. The minimum absolute atomic E-state index is 0.0343. The van der Waals surface area contributed by atoms with Crippen molar-refractivity contribution in [3.63, 3.8) is 0 Å². The van der Waals surface area contributed by atoms with Crippen LogP contribution in [-0.4, -0.2) is 24.8 Å². The van der Waals surface area contributed by atoms with Crippen molar-refractivity contribution in [2.75, 3.05) is 17.6 Å². The molecule has 0 saturated heterocycles. The van der Waals surface area contributed by atoms with Crippen LogP contribution in [0.3, 0.4) is 0 Å². The number of nitrogen functional groups attached to an aromatic ring is 1. The molecule has 0 unspecified atom stereocenters. The number of carbonyl (C=O) groups is 1. The molecule has 1 rings (SSSR count). The Bertz CT molecular complexity index is 451. The number of nitrogens with one attached hydrogen (secondary N) is 1. The molecule has 8 heteroatoms. The van der Waals surface area contributed by atoms with Gasteiger partial charge in [-0.25, -0.2) is 8.78 Å². The maximum Gasteiger partial charge on any atom is 0.324 e. The summed E-state index contributed by atoms with van der Waals surface area (Å²) < 4.78 is 49.2. The van der Waals surface area contributed by atoms with Crippen molar-refractivity contribution in [1.29, 1.82) is 0 Å². The molecule has 0 bridgehead atoms. The summed E-state index contributed by atoms with van der Waals surface area (Å²) in [5.74, 6) is -4.96. The maximum absolute atomic E-state index is 12.7. The van der Waals surface area contributed by atoms with Gasteiger partial charge in [-0.15, -0.1) is 0 Å². The first-order chi connectivity index (χ1) is 8.24. The average Bonchev–Trinajstić information content (AvgIpc) is 2.27. The van der Waals surface area contributed by atoms with E-state index in [4.69, 9.17) is 11.5 Å². The van der Waals surface area contributed by atoms with Crippen LogP contribution in [-0.2, 0) is 0 Å². The van der Waals surface area contributed by atoms with Gasteiger partial charge in [0.05, 0.1) is 17.9 Å². The third-order valence-electron chi connectivity index (χ3n) is 2.17. The van der Waals surface area contributed by atoms with Crippen LogP contribution in [0.4, 0.5) is 28.9 Å². The number of hydrogen-bond acceptors (Lipinski definition) is 3. The highest BCUT2D eigenvalue weighted by Crippen LogP contribution is 2.26. The summed E-state index contributed by atoms with van der Waals surface area (Å²) in [5.41, 5.74) is 10.5. The highest BCUT2D eigenvalue weighted by Gasteiger charge is 2.40. The Morgan fingerprint density at radius 3 is 2.50 bits per heavy atom. The van der Waals surface area contributed by atoms with Gasteiger partial charge in [0.25, 0.3) is 0 Å². The van der Waals surface area contributed by atoms with E-state index in [1.807, 2.05) is 0 Å². The van der Waals surface area contributed by atoms with Crippen molar-refractivity contribution in [1.82, 2.24) is 0 Å². The number of rotatable bonds is 5. The summed E-state index contributed by atoms with van der Waals surface area (Å²) in [5, 5.41) is 2.07. The zero-order valence-corrected chi connectivity index (χ0v) is 9.09. The van der Waals surface area contributed by atoms with Crippen LogP contribution < -0.4 is 16.8 Å². The highest BCUT2D eigenvalue weighted by atomic mass is 19.3. The second kappa shape index (κ2) is 5.11. The van der Waals surface area contributed by atoms with Crippen molar-refractivity contribution in [2.45, 2.75) is 12.3 Å². The number of amides is 1. The number of halogens is 4. The second-order valence-electron chi connectivity index (χ2n) is 3.58. The quantitative estimate of drug-likeness (QED) is 0.559. The van der Waals surface area contributed by atoms with E-state index in [-0.39, 0.29) is 16.9 Å². The van der Waals surface area contributed by atoms with Crippen molar-refractivity contribution < 1.29 is 22.4 Å². The minimum Gasteiger partial charge on any atom is -0.397 e. The van der Waals surface area contributed by atoms with Gasteiger partial charge in [-0.2, -0.15) is 8.78 Å². The van der Waals surface area contributed by atoms with Gasteiger partial charge < -0.3 is 16.8 Å². The van der Waals surface area contributed by atoms with Crippen LogP contribution in [0.15, 0.2) is 18.2 Å². The molecule has 0 aromatic heterocycles. The zero-order chi connectivity index (χ0) is 13.9. The fourth-order valence-electron chi connectivity index (χ4n) is 1.15. The van der Waals surface area contributed by atoms with Gasteiger partial charge in [0.1, 0.15) is 0 Å². The van der Waals surface area contributed by atoms with E-state index in [1.165, 1.54) is 12.1 Å². The van der Waals surface area contributed by atoms with E-state index in [0.717, 1.165) is 6.07 Å². The third kappa shape index (κ3) is 3.25. The standard InChI is InChI=1S/C10H11F4N3O/c11-9(12)10(13,14)4-17-7-3-5(8(16)18)1-2-6(7)15/h1-3,9,17H,4,15H2,(H2,16,18). The fourth-order valence-corrected chi connectivity index (χ4v) is 1.15. The lowest BCUT2D eigenvalue weighted by Gasteiger charge is -2.17. The molecule has 1 amide bonds. The van der Waals surface area contributed by atoms with E-state index in [1.54, 1.807) is 0 Å². The maximum atomic E-state index is 12.7. The van der Waals surface area contributed by atoms with E-state index in [9.17, 15) is 22.4 Å². The van der Waals surface area contributed by atoms with Crippen molar-refractivity contribution >= 4 is 17.3 Å². The van der Waals surface area contributed by atoms with Crippen LogP contribution in [0.25, 0.3) is 0 Å². The van der Waals surface area contributed by atoms with E-state index >= 15 is 0 Å². The number of carbonyl (C=O) groups excluding carboxylic acids is 1. The Balaban J connectivity index is 2.85. The fraction of sp³-hybridized carbons (Fsp3) is 0.300. The Morgan fingerprint density at radius 1 is 1.39 bits per heavy atom. The van der Waals surface area contributed by atoms with Gasteiger partial charge in [0.2, 0.25) is 5.91 Å². The number of benzene rings is 1. The lowest BCUT2D eigenvalue weighted by atomic mass is 10.1. The van der Waals surface area contributed by atoms with Gasteiger partial charge in [-0.1, -0.05) is 0 Å². The monoisotopic (exact) mass is 265 g/mol. The molecular formula is C10H11F4N3O. The molecule has 0 radical (unpaired) electrons. The first kappa shape index (κ1) is 14.1. The normalized spacial score (nSPS) is 11.6. The van der Waals surface area contributed by atoms with Gasteiger partial charge in [0.15, 0.2) is 0 Å². The lowest BCUT2D eigenvalue weighted by Crippen LogP contribution is -2.35. The Kier molecular flexibility index (Phi) is 4.00. The number of nitrogens with two attached hydrogens (primary N) is 2. The molecule has 0 aliphatic heterocycles. The molecule has 0 atom stereocenters. The molecule has 5 N–H and O–H groups in total. The first-order valence-electron chi connectivity index (χ1n) is 4.83. The topological polar surface area (TPSA) is 81.1 Å². The van der Waals surface area contributed by atoms with E-state index < -0.39 is 24.8 Å². The largest absolute Gasteiger partial charge is 0.397 e. The predicted octanol–water partition coefficient (Wildman–Crippen LogP) is 1.68. The summed E-state index contributed by atoms with van der Waals surface area (Å²) in [4.78, 5) is 10.9. The molecule has 1 aromatic carbocycles. The van der Waals surface area contributed by atoms with Crippen molar-refractivity contribution in [3.8, 4) is 0 Å². The Labute approximate surface area is 99.9 Å². The molecule has 0 aliphatic rings. The van der Waals surface area contributed by atoms with Crippen LogP contribution in [0.2, 0.25) is 0 Å². The van der Waals surface area contributed by atoms with Crippen LogP contribution in [0.5, 0.6) is 0 Å². The van der Waals surface area contributed by atoms with Crippen molar-refractivity contribution in [3.05, 3.63) is 23.8 Å². The molecular weight excluding hydrogens is 254 g/mol. The number of primary amides is 1. The highest BCUT2D eigenvalue weighted by molar-refractivity contribution is 5.94. The average molecular weight is 265 g/mol. The molecule has 0 fully saturated rings. The molecule has 0 heterocycles. The molecule has 18 heavy (non-hydrogen) atoms. The van der Waals surface area contributed by atoms with Gasteiger partial charge in [-0.05, 0) is 18.2 Å². The predicted molar refractivity (Wildman–Crippen MR) is 58.8 cm³/mol. The molecule has 1 aromatic rings. The van der Waals surface area contributed by atoms with Crippen LogP contribution in [0.1, 0.15) is 10.4 Å². The van der Waals surface area contributed by atoms with E-state index in [2.05, 4.69) is 5.32 Å². The smallest absolute Gasteiger partial charge is 0.324 e. The van der Waals surface area contributed by atoms with Gasteiger partial charge >= 0.3 is 12.3 Å². The third-order valence-corrected chi connectivity index (χ3v) is 2.17. The summed E-state index contributed by atoms with van der Waals surface area (Å²) >= 11 is 0. The number of hydrogen-bond donors (Lipinski definition) is 3. The molecule has 0 spiro atoms. The summed E-state index contributed by atoms with van der Waals surface area (Å²) in [6.45, 7) is -1.29. The van der Waals surface area contributed by atoms with Crippen LogP contribution in [0, 0.1) is 0 Å². The van der Waals surface area contributed by atoms with Gasteiger partial charge in [0, 0.05) is 5.56 Å². The second-order valence-corrected chi connectivity index (χ2v) is 3.58. The summed E-state index contributed by atoms with van der Waals surface area (Å²) in [6, 6.07) is 3.69.